The van der Waals surface area contributed by atoms with E-state index in [2.05, 4.69) is 10.7 Å². The first-order valence-electron chi connectivity index (χ1n) is 8.83. The standard InChI is InChI=1S/C20H21N3O7/c1-20(15-6-5-9-30-15)18(25)23(19(26)21-20)22-16(24)8-7-12-10-13(27-2)17(29-4)14(11-12)28-3/h5-11H,1-4H3,(H,21,26)(H,22,24)/b8-7+. The zero-order valence-corrected chi connectivity index (χ0v) is 16.8. The van der Waals surface area contributed by atoms with Gasteiger partial charge in [0.2, 0.25) is 5.75 Å². The number of urea groups is 1. The van der Waals surface area contributed by atoms with Gasteiger partial charge in [0.25, 0.3) is 11.8 Å². The molecule has 1 atom stereocenters. The van der Waals surface area contributed by atoms with Gasteiger partial charge in [-0.2, -0.15) is 5.01 Å². The number of nitrogens with zero attached hydrogens (tertiary/aromatic N) is 1. The predicted octanol–water partition coefficient (Wildman–Crippen LogP) is 1.82. The largest absolute Gasteiger partial charge is 0.493 e. The summed E-state index contributed by atoms with van der Waals surface area (Å²) in [6.07, 6.45) is 4.04. The summed E-state index contributed by atoms with van der Waals surface area (Å²) < 4.78 is 21.0. The topological polar surface area (TPSA) is 119 Å². The molecule has 4 amide bonds. The summed E-state index contributed by atoms with van der Waals surface area (Å²) in [5.74, 6) is 0.150. The Hall–Kier alpha value is -3.95. The average molecular weight is 415 g/mol. The molecule has 1 aromatic heterocycles. The zero-order chi connectivity index (χ0) is 21.9. The van der Waals surface area contributed by atoms with Gasteiger partial charge in [0.05, 0.1) is 27.6 Å². The Bertz CT molecular complexity index is 975. The van der Waals surface area contributed by atoms with Crippen molar-refractivity contribution in [2.24, 2.45) is 0 Å². The summed E-state index contributed by atoms with van der Waals surface area (Å²) in [7, 11) is 4.44. The van der Waals surface area contributed by atoms with Crippen LogP contribution in [0.15, 0.2) is 41.0 Å². The van der Waals surface area contributed by atoms with E-state index in [9.17, 15) is 14.4 Å². The monoisotopic (exact) mass is 415 g/mol. The first kappa shape index (κ1) is 20.8. The van der Waals surface area contributed by atoms with Crippen LogP contribution in [0.3, 0.4) is 0 Å². The lowest BCUT2D eigenvalue weighted by atomic mass is 10.00. The van der Waals surface area contributed by atoms with Gasteiger partial charge in [-0.15, -0.1) is 0 Å². The number of nitrogens with one attached hydrogen (secondary N) is 2. The molecule has 1 saturated heterocycles. The number of ether oxygens (including phenoxy) is 3. The number of amides is 4. The van der Waals surface area contributed by atoms with E-state index >= 15 is 0 Å². The zero-order valence-electron chi connectivity index (χ0n) is 16.8. The third-order valence-electron chi connectivity index (χ3n) is 4.54. The minimum atomic E-state index is -1.41. The molecule has 10 heteroatoms. The highest BCUT2D eigenvalue weighted by molar-refractivity contribution is 6.08. The van der Waals surface area contributed by atoms with E-state index in [1.165, 1.54) is 46.7 Å². The molecule has 2 heterocycles. The van der Waals surface area contributed by atoms with Gasteiger partial charge in [0, 0.05) is 6.08 Å². The average Bonchev–Trinajstić information content (AvgIpc) is 3.36. The summed E-state index contributed by atoms with van der Waals surface area (Å²) >= 11 is 0. The van der Waals surface area contributed by atoms with Crippen molar-refractivity contribution in [3.63, 3.8) is 0 Å². The Labute approximate surface area is 172 Å². The van der Waals surface area contributed by atoms with Crippen LogP contribution in [0.25, 0.3) is 6.08 Å². The minimum Gasteiger partial charge on any atom is -0.493 e. The first-order chi connectivity index (χ1) is 14.3. The van der Waals surface area contributed by atoms with Crippen molar-refractivity contribution in [2.45, 2.75) is 12.5 Å². The second-order valence-electron chi connectivity index (χ2n) is 6.44. The number of carbonyl (C=O) groups excluding carboxylic acids is 3. The number of rotatable bonds is 7. The molecule has 2 N–H and O–H groups in total. The third kappa shape index (κ3) is 3.66. The maximum absolute atomic E-state index is 12.7. The molecular formula is C20H21N3O7. The highest BCUT2D eigenvalue weighted by Gasteiger charge is 2.51. The third-order valence-corrected chi connectivity index (χ3v) is 4.54. The van der Waals surface area contributed by atoms with Crippen LogP contribution in [0.5, 0.6) is 17.2 Å². The fraction of sp³-hybridized carbons (Fsp3) is 0.250. The van der Waals surface area contributed by atoms with E-state index in [4.69, 9.17) is 18.6 Å². The van der Waals surface area contributed by atoms with Crippen molar-refractivity contribution in [1.29, 1.82) is 0 Å². The highest BCUT2D eigenvalue weighted by Crippen LogP contribution is 2.38. The Morgan fingerprint density at radius 1 is 1.17 bits per heavy atom. The molecule has 1 unspecified atom stereocenters. The maximum atomic E-state index is 12.7. The van der Waals surface area contributed by atoms with Crippen molar-refractivity contribution in [2.75, 3.05) is 21.3 Å². The minimum absolute atomic E-state index is 0.255. The predicted molar refractivity (Wildman–Crippen MR) is 105 cm³/mol. The van der Waals surface area contributed by atoms with Crippen LogP contribution in [0.4, 0.5) is 4.79 Å². The number of hydrogen-bond acceptors (Lipinski definition) is 7. The molecule has 2 aromatic rings. The van der Waals surface area contributed by atoms with E-state index in [1.807, 2.05) is 0 Å². The molecule has 1 aliphatic rings. The van der Waals surface area contributed by atoms with Gasteiger partial charge >= 0.3 is 6.03 Å². The summed E-state index contributed by atoms with van der Waals surface area (Å²) in [5, 5.41) is 3.13. The summed E-state index contributed by atoms with van der Waals surface area (Å²) in [4.78, 5) is 37.2. The van der Waals surface area contributed by atoms with Crippen LogP contribution < -0.4 is 25.0 Å². The number of benzene rings is 1. The summed E-state index contributed by atoms with van der Waals surface area (Å²) in [5.41, 5.74) is 1.44. The van der Waals surface area contributed by atoms with E-state index in [1.54, 1.807) is 24.3 Å². The number of carbonyl (C=O) groups is 3. The number of furan rings is 1. The van der Waals surface area contributed by atoms with Crippen molar-refractivity contribution in [3.05, 3.63) is 47.9 Å². The number of hydrazine groups is 1. The molecule has 0 bridgehead atoms. The van der Waals surface area contributed by atoms with Crippen LogP contribution in [0, 0.1) is 0 Å². The van der Waals surface area contributed by atoms with Crippen LogP contribution in [0.1, 0.15) is 18.2 Å². The Balaban J connectivity index is 1.75. The van der Waals surface area contributed by atoms with Crippen molar-refractivity contribution < 1.29 is 33.0 Å². The lowest BCUT2D eigenvalue weighted by Gasteiger charge is -2.18. The molecule has 10 nitrogen and oxygen atoms in total. The van der Waals surface area contributed by atoms with Crippen molar-refractivity contribution in [1.82, 2.24) is 15.8 Å². The molecular weight excluding hydrogens is 394 g/mol. The molecule has 3 rings (SSSR count). The molecule has 0 spiro atoms. The van der Waals surface area contributed by atoms with Gasteiger partial charge in [-0.3, -0.25) is 15.0 Å². The molecule has 1 aromatic carbocycles. The Morgan fingerprint density at radius 3 is 2.37 bits per heavy atom. The van der Waals surface area contributed by atoms with Gasteiger partial charge in [-0.05, 0) is 42.8 Å². The Morgan fingerprint density at radius 2 is 1.83 bits per heavy atom. The van der Waals surface area contributed by atoms with Crippen molar-refractivity contribution in [3.8, 4) is 17.2 Å². The van der Waals surface area contributed by atoms with E-state index < -0.39 is 23.4 Å². The SMILES string of the molecule is COc1cc(/C=C/C(=O)NN2C(=O)NC(C)(c3ccco3)C2=O)cc(OC)c1OC. The normalized spacial score (nSPS) is 18.5. The second-order valence-corrected chi connectivity index (χ2v) is 6.44. The van der Waals surface area contributed by atoms with Crippen molar-refractivity contribution >= 4 is 23.9 Å². The fourth-order valence-electron chi connectivity index (χ4n) is 2.99. The summed E-state index contributed by atoms with van der Waals surface area (Å²) in [6, 6.07) is 5.68. The lowest BCUT2D eigenvalue weighted by Crippen LogP contribution is -2.47. The quantitative estimate of drug-likeness (QED) is 0.523. The van der Waals surface area contributed by atoms with Gasteiger partial charge in [-0.25, -0.2) is 4.79 Å². The molecule has 0 radical (unpaired) electrons. The number of hydrogen-bond donors (Lipinski definition) is 2. The molecule has 0 saturated carbocycles. The van der Waals surface area contributed by atoms with Crippen LogP contribution in [-0.2, 0) is 15.1 Å². The molecule has 1 aliphatic heterocycles. The Kier molecular flexibility index (Phi) is 5.67. The highest BCUT2D eigenvalue weighted by atomic mass is 16.5. The molecule has 158 valence electrons. The molecule has 0 aliphatic carbocycles. The van der Waals surface area contributed by atoms with Gasteiger partial charge in [0.15, 0.2) is 17.0 Å². The smallest absolute Gasteiger partial charge is 0.344 e. The second kappa shape index (κ2) is 8.19. The summed E-state index contributed by atoms with van der Waals surface area (Å²) in [6.45, 7) is 1.49. The van der Waals surface area contributed by atoms with Crippen LogP contribution >= 0.6 is 0 Å². The van der Waals surface area contributed by atoms with Crippen LogP contribution in [-0.4, -0.2) is 44.2 Å². The van der Waals surface area contributed by atoms with E-state index in [-0.39, 0.29) is 5.76 Å². The van der Waals surface area contributed by atoms with Crippen LogP contribution in [0.2, 0.25) is 0 Å². The molecule has 30 heavy (non-hydrogen) atoms. The van der Waals surface area contributed by atoms with Gasteiger partial charge in [0.1, 0.15) is 5.76 Å². The van der Waals surface area contributed by atoms with E-state index in [0.717, 1.165) is 0 Å². The van der Waals surface area contributed by atoms with Gasteiger partial charge < -0.3 is 23.9 Å². The molecule has 1 fully saturated rings. The number of methoxy groups -OCH3 is 3. The first-order valence-corrected chi connectivity index (χ1v) is 8.83. The lowest BCUT2D eigenvalue weighted by molar-refractivity contribution is -0.137. The maximum Gasteiger partial charge on any atom is 0.344 e. The van der Waals surface area contributed by atoms with E-state index in [0.29, 0.717) is 27.8 Å². The van der Waals surface area contributed by atoms with Gasteiger partial charge in [-0.1, -0.05) is 0 Å². The number of imide groups is 1. The fourth-order valence-corrected chi connectivity index (χ4v) is 2.99.